The lowest BCUT2D eigenvalue weighted by Crippen LogP contribution is -2.20. The molecule has 0 aliphatic heterocycles. The molecule has 1 aliphatic rings. The minimum absolute atomic E-state index is 0.284. The van der Waals surface area contributed by atoms with Gasteiger partial charge in [-0.2, -0.15) is 5.10 Å². The van der Waals surface area contributed by atoms with Crippen molar-refractivity contribution in [1.82, 2.24) is 9.78 Å². The second-order valence-electron chi connectivity index (χ2n) is 7.85. The molecule has 26 heavy (non-hydrogen) atoms. The number of nitrogens with one attached hydrogen (secondary N) is 1. The van der Waals surface area contributed by atoms with Crippen LogP contribution >= 0.6 is 11.8 Å². The quantitative estimate of drug-likeness (QED) is 0.740. The van der Waals surface area contributed by atoms with E-state index in [-0.39, 0.29) is 10.3 Å². The Morgan fingerprint density at radius 3 is 2.54 bits per heavy atom. The topological polar surface area (TPSA) is 64.0 Å². The molecule has 1 fully saturated rings. The molecular formula is C19H27N3O2S2. The fourth-order valence-electron chi connectivity index (χ4n) is 3.34. The zero-order valence-electron chi connectivity index (χ0n) is 15.8. The van der Waals surface area contributed by atoms with Gasteiger partial charge in [0.15, 0.2) is 0 Å². The molecule has 5 nitrogen and oxygen atoms in total. The summed E-state index contributed by atoms with van der Waals surface area (Å²) in [4.78, 5) is 1.30. The number of anilines is 1. The van der Waals surface area contributed by atoms with Crippen LogP contribution in [0, 0.1) is 0 Å². The van der Waals surface area contributed by atoms with E-state index in [2.05, 4.69) is 4.72 Å². The van der Waals surface area contributed by atoms with Crippen LogP contribution < -0.4 is 4.72 Å². The Bertz CT molecular complexity index is 876. The maximum atomic E-state index is 13.1. The molecular weight excluding hydrogens is 366 g/mol. The first-order valence-electron chi connectivity index (χ1n) is 8.97. The normalized spacial score (nSPS) is 16.2. The van der Waals surface area contributed by atoms with E-state index in [1.807, 2.05) is 49.9 Å². The van der Waals surface area contributed by atoms with Crippen LogP contribution in [0.25, 0.3) is 0 Å². The summed E-state index contributed by atoms with van der Waals surface area (Å²) in [6.07, 6.45) is 8.17. The Hall–Kier alpha value is -1.47. The van der Waals surface area contributed by atoms with Crippen molar-refractivity contribution in [1.29, 1.82) is 0 Å². The van der Waals surface area contributed by atoms with E-state index in [1.165, 1.54) is 12.8 Å². The molecule has 1 saturated carbocycles. The van der Waals surface area contributed by atoms with Crippen LogP contribution in [0.1, 0.15) is 58.2 Å². The number of nitrogens with zero attached hydrogens (tertiary/aromatic N) is 2. The van der Waals surface area contributed by atoms with E-state index < -0.39 is 10.0 Å². The minimum Gasteiger partial charge on any atom is -0.279 e. The molecule has 142 valence electrons. The van der Waals surface area contributed by atoms with Gasteiger partial charge in [-0.05, 0) is 37.3 Å². The van der Waals surface area contributed by atoms with Crippen molar-refractivity contribution in [3.63, 3.8) is 0 Å². The molecule has 1 N–H and O–H groups in total. The molecule has 2 aromatic rings. The lowest BCUT2D eigenvalue weighted by atomic mass is 9.92. The summed E-state index contributed by atoms with van der Waals surface area (Å²) >= 11 is 1.58. The molecule has 3 rings (SSSR count). The van der Waals surface area contributed by atoms with Gasteiger partial charge in [0.05, 0.1) is 11.7 Å². The predicted molar refractivity (Wildman–Crippen MR) is 107 cm³/mol. The molecule has 1 aliphatic carbocycles. The van der Waals surface area contributed by atoms with E-state index in [4.69, 9.17) is 5.10 Å². The standard InChI is InChI=1S/C19H27N3O2S2/c1-19(2,3)18-17(13-22(20-18)15-9-5-6-10-15)26(23,24)21-14-8-7-11-16(12-14)25-4/h7-8,11-13,15,21H,5-6,9-10H2,1-4H3. The largest absolute Gasteiger partial charge is 0.279 e. The number of hydrogen-bond acceptors (Lipinski definition) is 4. The van der Waals surface area contributed by atoms with Gasteiger partial charge < -0.3 is 0 Å². The molecule has 0 amide bonds. The zero-order chi connectivity index (χ0) is 18.9. The summed E-state index contributed by atoms with van der Waals surface area (Å²) in [6, 6.07) is 7.74. The fraction of sp³-hybridized carbons (Fsp3) is 0.526. The molecule has 7 heteroatoms. The Labute approximate surface area is 160 Å². The van der Waals surface area contributed by atoms with Gasteiger partial charge in [-0.1, -0.05) is 39.7 Å². The lowest BCUT2D eigenvalue weighted by Gasteiger charge is -2.18. The molecule has 0 saturated heterocycles. The summed E-state index contributed by atoms with van der Waals surface area (Å²) in [6.45, 7) is 6.01. The maximum absolute atomic E-state index is 13.1. The van der Waals surface area contributed by atoms with Crippen LogP contribution in [0.2, 0.25) is 0 Å². The average molecular weight is 394 g/mol. The number of aromatic nitrogens is 2. The molecule has 0 radical (unpaired) electrons. The Morgan fingerprint density at radius 2 is 1.92 bits per heavy atom. The highest BCUT2D eigenvalue weighted by Crippen LogP contribution is 2.34. The van der Waals surface area contributed by atoms with Crippen molar-refractivity contribution in [3.8, 4) is 0 Å². The molecule has 1 aromatic carbocycles. The Kier molecular flexibility index (Phi) is 5.40. The van der Waals surface area contributed by atoms with Crippen molar-refractivity contribution < 1.29 is 8.42 Å². The molecule has 0 spiro atoms. The number of hydrogen-bond donors (Lipinski definition) is 1. The van der Waals surface area contributed by atoms with E-state index in [0.717, 1.165) is 17.7 Å². The van der Waals surface area contributed by atoms with Gasteiger partial charge in [0.1, 0.15) is 4.90 Å². The first kappa shape index (κ1) is 19.3. The van der Waals surface area contributed by atoms with Crippen molar-refractivity contribution in [2.75, 3.05) is 11.0 Å². The van der Waals surface area contributed by atoms with Crippen molar-refractivity contribution in [3.05, 3.63) is 36.2 Å². The summed E-state index contributed by atoms with van der Waals surface area (Å²) < 4.78 is 30.9. The van der Waals surface area contributed by atoms with Gasteiger partial charge in [-0.3, -0.25) is 9.40 Å². The number of sulfonamides is 1. The first-order chi connectivity index (χ1) is 12.2. The summed E-state index contributed by atoms with van der Waals surface area (Å²) in [7, 11) is -3.70. The van der Waals surface area contributed by atoms with E-state index in [1.54, 1.807) is 24.0 Å². The number of rotatable bonds is 5. The third kappa shape index (κ3) is 4.09. The van der Waals surface area contributed by atoms with Crippen LogP contribution in [0.3, 0.4) is 0 Å². The second kappa shape index (κ2) is 7.27. The monoisotopic (exact) mass is 393 g/mol. The summed E-state index contributed by atoms with van der Waals surface area (Å²) in [5.74, 6) is 0. The van der Waals surface area contributed by atoms with E-state index >= 15 is 0 Å². The summed E-state index contributed by atoms with van der Waals surface area (Å²) in [5.41, 5.74) is 0.845. The summed E-state index contributed by atoms with van der Waals surface area (Å²) in [5, 5.41) is 4.70. The van der Waals surface area contributed by atoms with Crippen LogP contribution in [0.4, 0.5) is 5.69 Å². The third-order valence-electron chi connectivity index (χ3n) is 4.72. The number of thioether (sulfide) groups is 1. The first-order valence-corrected chi connectivity index (χ1v) is 11.7. The van der Waals surface area contributed by atoms with Gasteiger partial charge in [-0.15, -0.1) is 11.8 Å². The van der Waals surface area contributed by atoms with Crippen LogP contribution in [0.15, 0.2) is 40.3 Å². The van der Waals surface area contributed by atoms with Gasteiger partial charge in [0, 0.05) is 22.2 Å². The fourth-order valence-corrected chi connectivity index (χ4v) is 5.20. The second-order valence-corrected chi connectivity index (χ2v) is 10.4. The van der Waals surface area contributed by atoms with Gasteiger partial charge in [-0.25, -0.2) is 8.42 Å². The highest BCUT2D eigenvalue weighted by molar-refractivity contribution is 7.98. The highest BCUT2D eigenvalue weighted by atomic mass is 32.2. The predicted octanol–water partition coefficient (Wildman–Crippen LogP) is 4.82. The molecule has 0 atom stereocenters. The van der Waals surface area contributed by atoms with Gasteiger partial charge in [0.25, 0.3) is 10.0 Å². The van der Waals surface area contributed by atoms with Crippen LogP contribution in [0.5, 0.6) is 0 Å². The SMILES string of the molecule is CSc1cccc(NS(=O)(=O)c2cn(C3CCCC3)nc2C(C)(C)C)c1. The lowest BCUT2D eigenvalue weighted by molar-refractivity contribution is 0.448. The number of benzene rings is 1. The average Bonchev–Trinajstić information content (AvgIpc) is 3.23. The molecule has 0 bridgehead atoms. The van der Waals surface area contributed by atoms with E-state index in [9.17, 15) is 8.42 Å². The minimum atomic E-state index is -3.70. The van der Waals surface area contributed by atoms with Crippen molar-refractivity contribution >= 4 is 27.5 Å². The van der Waals surface area contributed by atoms with E-state index in [0.29, 0.717) is 17.4 Å². The van der Waals surface area contributed by atoms with Gasteiger partial charge in [0.2, 0.25) is 0 Å². The third-order valence-corrected chi connectivity index (χ3v) is 6.83. The Balaban J connectivity index is 1.99. The van der Waals surface area contributed by atoms with Crippen molar-refractivity contribution in [2.45, 2.75) is 67.7 Å². The maximum Gasteiger partial charge on any atom is 0.265 e. The highest BCUT2D eigenvalue weighted by Gasteiger charge is 2.32. The van der Waals surface area contributed by atoms with Crippen LogP contribution in [-0.2, 0) is 15.4 Å². The Morgan fingerprint density at radius 1 is 1.23 bits per heavy atom. The van der Waals surface area contributed by atoms with Crippen LogP contribution in [-0.4, -0.2) is 24.5 Å². The molecule has 1 heterocycles. The molecule has 1 aromatic heterocycles. The smallest absolute Gasteiger partial charge is 0.265 e. The van der Waals surface area contributed by atoms with Crippen molar-refractivity contribution in [2.24, 2.45) is 0 Å². The zero-order valence-corrected chi connectivity index (χ0v) is 17.5. The molecule has 0 unspecified atom stereocenters. The van der Waals surface area contributed by atoms with Gasteiger partial charge >= 0.3 is 0 Å².